The van der Waals surface area contributed by atoms with Crippen LogP contribution >= 0.6 is 0 Å². The number of ether oxygens (including phenoxy) is 1. The zero-order valence-corrected chi connectivity index (χ0v) is 14.9. The first-order chi connectivity index (χ1) is 11.8. The normalized spacial score (nSPS) is 20.2. The van der Waals surface area contributed by atoms with E-state index in [0.717, 1.165) is 25.3 Å². The molecule has 0 aliphatic carbocycles. The zero-order chi connectivity index (χ0) is 16.8. The van der Waals surface area contributed by atoms with E-state index in [1.165, 1.54) is 31.4 Å². The smallest absolute Gasteiger partial charge is 0.124 e. The molecule has 0 spiro atoms. The molecule has 130 valence electrons. The van der Waals surface area contributed by atoms with Crippen LogP contribution in [-0.2, 0) is 11.8 Å². The van der Waals surface area contributed by atoms with E-state index in [4.69, 9.17) is 4.74 Å². The van der Waals surface area contributed by atoms with Crippen LogP contribution in [-0.4, -0.2) is 40.4 Å². The van der Waals surface area contributed by atoms with Crippen molar-refractivity contribution in [2.45, 2.75) is 44.8 Å². The molecule has 2 aromatic rings. The SMILES string of the molecule is CCN1CCCCC1CCOC(c1ccccc1)c1ccnn1C. The van der Waals surface area contributed by atoms with Crippen LogP contribution in [0.3, 0.4) is 0 Å². The fourth-order valence-corrected chi connectivity index (χ4v) is 3.75. The van der Waals surface area contributed by atoms with Crippen LogP contribution in [0.1, 0.15) is 50.0 Å². The Morgan fingerprint density at radius 2 is 2.04 bits per heavy atom. The second-order valence-electron chi connectivity index (χ2n) is 6.61. The van der Waals surface area contributed by atoms with Gasteiger partial charge in [0, 0.05) is 25.9 Å². The maximum atomic E-state index is 6.36. The second kappa shape index (κ2) is 8.45. The van der Waals surface area contributed by atoms with E-state index in [0.29, 0.717) is 6.04 Å². The Morgan fingerprint density at radius 1 is 1.21 bits per heavy atom. The van der Waals surface area contributed by atoms with Gasteiger partial charge in [-0.2, -0.15) is 5.10 Å². The number of hydrogen-bond acceptors (Lipinski definition) is 3. The summed E-state index contributed by atoms with van der Waals surface area (Å²) in [6.45, 7) is 5.44. The molecule has 24 heavy (non-hydrogen) atoms. The summed E-state index contributed by atoms with van der Waals surface area (Å²) in [5, 5.41) is 4.31. The topological polar surface area (TPSA) is 30.3 Å². The monoisotopic (exact) mass is 327 g/mol. The molecule has 2 atom stereocenters. The summed E-state index contributed by atoms with van der Waals surface area (Å²) in [5.74, 6) is 0. The largest absolute Gasteiger partial charge is 0.367 e. The van der Waals surface area contributed by atoms with E-state index in [2.05, 4.69) is 47.3 Å². The number of aromatic nitrogens is 2. The molecule has 0 radical (unpaired) electrons. The van der Waals surface area contributed by atoms with E-state index < -0.39 is 0 Å². The standard InChI is InChI=1S/C20H29N3O/c1-3-23-15-8-7-11-18(23)13-16-24-20(17-9-5-4-6-10-17)19-12-14-21-22(19)2/h4-6,9-10,12,14,18,20H,3,7-8,11,13,15-16H2,1-2H3. The molecular formula is C20H29N3O. The Bertz CT molecular complexity index is 610. The Hall–Kier alpha value is -1.65. The van der Waals surface area contributed by atoms with Crippen LogP contribution < -0.4 is 0 Å². The quantitative estimate of drug-likeness (QED) is 0.775. The molecule has 4 heteroatoms. The molecule has 1 aliphatic heterocycles. The summed E-state index contributed by atoms with van der Waals surface area (Å²) < 4.78 is 8.27. The van der Waals surface area contributed by atoms with Gasteiger partial charge in [-0.25, -0.2) is 0 Å². The fourth-order valence-electron chi connectivity index (χ4n) is 3.75. The highest BCUT2D eigenvalue weighted by molar-refractivity contribution is 5.25. The summed E-state index contributed by atoms with van der Waals surface area (Å²) in [6, 6.07) is 13.2. The summed E-state index contributed by atoms with van der Waals surface area (Å²) in [4.78, 5) is 2.61. The first-order valence-electron chi connectivity index (χ1n) is 9.18. The highest BCUT2D eigenvalue weighted by Crippen LogP contribution is 2.27. The predicted octanol–water partition coefficient (Wildman–Crippen LogP) is 3.79. The lowest BCUT2D eigenvalue weighted by molar-refractivity contribution is 0.0462. The number of hydrogen-bond donors (Lipinski definition) is 0. The molecule has 2 unspecified atom stereocenters. The third-order valence-electron chi connectivity index (χ3n) is 5.12. The molecule has 1 saturated heterocycles. The molecule has 0 saturated carbocycles. The molecular weight excluding hydrogens is 298 g/mol. The molecule has 0 N–H and O–H groups in total. The highest BCUT2D eigenvalue weighted by atomic mass is 16.5. The predicted molar refractivity (Wildman–Crippen MR) is 96.9 cm³/mol. The van der Waals surface area contributed by atoms with Crippen molar-refractivity contribution in [3.05, 3.63) is 53.9 Å². The minimum atomic E-state index is -0.0441. The lowest BCUT2D eigenvalue weighted by Crippen LogP contribution is -2.40. The number of piperidine rings is 1. The average Bonchev–Trinajstić information content (AvgIpc) is 3.05. The Morgan fingerprint density at radius 3 is 2.75 bits per heavy atom. The Balaban J connectivity index is 1.66. The van der Waals surface area contributed by atoms with Crippen molar-refractivity contribution in [2.75, 3.05) is 19.7 Å². The summed E-state index contributed by atoms with van der Waals surface area (Å²) in [6.07, 6.45) is 6.90. The summed E-state index contributed by atoms with van der Waals surface area (Å²) in [7, 11) is 1.98. The molecule has 1 aromatic carbocycles. The summed E-state index contributed by atoms with van der Waals surface area (Å²) >= 11 is 0. The minimum Gasteiger partial charge on any atom is -0.367 e. The maximum Gasteiger partial charge on any atom is 0.124 e. The maximum absolute atomic E-state index is 6.36. The van der Waals surface area contributed by atoms with Crippen molar-refractivity contribution in [1.82, 2.24) is 14.7 Å². The van der Waals surface area contributed by atoms with Crippen LogP contribution in [0.25, 0.3) is 0 Å². The van der Waals surface area contributed by atoms with Crippen molar-refractivity contribution in [2.24, 2.45) is 7.05 Å². The van der Waals surface area contributed by atoms with Gasteiger partial charge in [0.2, 0.25) is 0 Å². The van der Waals surface area contributed by atoms with Gasteiger partial charge in [-0.15, -0.1) is 0 Å². The van der Waals surface area contributed by atoms with Gasteiger partial charge >= 0.3 is 0 Å². The van der Waals surface area contributed by atoms with Crippen molar-refractivity contribution >= 4 is 0 Å². The number of benzene rings is 1. The molecule has 3 rings (SSSR count). The van der Waals surface area contributed by atoms with Crippen LogP contribution in [0.2, 0.25) is 0 Å². The number of likely N-dealkylation sites (tertiary alicyclic amines) is 1. The minimum absolute atomic E-state index is 0.0441. The molecule has 1 aliphatic rings. The molecule has 4 nitrogen and oxygen atoms in total. The Labute approximate surface area is 145 Å². The van der Waals surface area contributed by atoms with E-state index in [-0.39, 0.29) is 6.10 Å². The summed E-state index contributed by atoms with van der Waals surface area (Å²) in [5.41, 5.74) is 2.30. The van der Waals surface area contributed by atoms with Crippen molar-refractivity contribution in [3.63, 3.8) is 0 Å². The van der Waals surface area contributed by atoms with Crippen LogP contribution in [0.4, 0.5) is 0 Å². The van der Waals surface area contributed by atoms with Crippen LogP contribution in [0.15, 0.2) is 42.6 Å². The first kappa shape index (κ1) is 17.2. The molecule has 1 aromatic heterocycles. The van der Waals surface area contributed by atoms with Gasteiger partial charge < -0.3 is 9.64 Å². The third-order valence-corrected chi connectivity index (χ3v) is 5.12. The van der Waals surface area contributed by atoms with Crippen LogP contribution in [0, 0.1) is 0 Å². The van der Waals surface area contributed by atoms with E-state index in [1.54, 1.807) is 0 Å². The molecule has 1 fully saturated rings. The number of aryl methyl sites for hydroxylation is 1. The van der Waals surface area contributed by atoms with Crippen molar-refractivity contribution in [3.8, 4) is 0 Å². The average molecular weight is 327 g/mol. The number of rotatable bonds is 7. The second-order valence-corrected chi connectivity index (χ2v) is 6.61. The van der Waals surface area contributed by atoms with E-state index in [9.17, 15) is 0 Å². The molecule has 0 bridgehead atoms. The van der Waals surface area contributed by atoms with Gasteiger partial charge in [0.1, 0.15) is 6.10 Å². The fraction of sp³-hybridized carbons (Fsp3) is 0.550. The van der Waals surface area contributed by atoms with Crippen molar-refractivity contribution in [1.29, 1.82) is 0 Å². The van der Waals surface area contributed by atoms with Gasteiger partial charge in [-0.1, -0.05) is 43.7 Å². The van der Waals surface area contributed by atoms with Crippen LogP contribution in [0.5, 0.6) is 0 Å². The van der Waals surface area contributed by atoms with Gasteiger partial charge in [0.25, 0.3) is 0 Å². The van der Waals surface area contributed by atoms with Gasteiger partial charge in [-0.05, 0) is 44.0 Å². The molecule has 0 amide bonds. The Kier molecular flexibility index (Phi) is 6.05. The van der Waals surface area contributed by atoms with Gasteiger partial charge in [0.15, 0.2) is 0 Å². The van der Waals surface area contributed by atoms with E-state index in [1.807, 2.05) is 24.0 Å². The molecule has 2 heterocycles. The zero-order valence-electron chi connectivity index (χ0n) is 14.9. The third kappa shape index (κ3) is 4.05. The lowest BCUT2D eigenvalue weighted by atomic mass is 9.99. The first-order valence-corrected chi connectivity index (χ1v) is 9.18. The number of nitrogens with zero attached hydrogens (tertiary/aromatic N) is 3. The van der Waals surface area contributed by atoms with Gasteiger partial charge in [0.05, 0.1) is 5.69 Å². The highest BCUT2D eigenvalue weighted by Gasteiger charge is 2.22. The van der Waals surface area contributed by atoms with Crippen molar-refractivity contribution < 1.29 is 4.74 Å². The van der Waals surface area contributed by atoms with Gasteiger partial charge in [-0.3, -0.25) is 4.68 Å². The van der Waals surface area contributed by atoms with E-state index >= 15 is 0 Å². The lowest BCUT2D eigenvalue weighted by Gasteiger charge is -2.35.